The molecule has 2 fully saturated rings. The average molecular weight is 539 g/mol. The summed E-state index contributed by atoms with van der Waals surface area (Å²) in [5.74, 6) is 2.12. The summed E-state index contributed by atoms with van der Waals surface area (Å²) in [5.41, 5.74) is 0. The van der Waals surface area contributed by atoms with Crippen LogP contribution in [0.5, 0.6) is 0 Å². The third-order valence-corrected chi connectivity index (χ3v) is 6.15. The molecule has 0 radical (unpaired) electrons. The van der Waals surface area contributed by atoms with Crippen molar-refractivity contribution in [1.29, 1.82) is 0 Å². The molecule has 8 heteroatoms. The SMILES string of the molecule is CCNC(=NCC(C)CN1CCN(CC)CC1)NCC(C(C)C)N1CCOCC1.I. The van der Waals surface area contributed by atoms with E-state index in [2.05, 4.69) is 60.0 Å². The highest BCUT2D eigenvalue weighted by molar-refractivity contribution is 14.0. The maximum atomic E-state index is 5.53. The predicted molar refractivity (Wildman–Crippen MR) is 138 cm³/mol. The van der Waals surface area contributed by atoms with E-state index in [9.17, 15) is 0 Å². The molecule has 2 aliphatic rings. The monoisotopic (exact) mass is 538 g/mol. The molecule has 178 valence electrons. The molecule has 0 spiro atoms. The van der Waals surface area contributed by atoms with E-state index in [0.717, 1.165) is 58.4 Å². The maximum Gasteiger partial charge on any atom is 0.191 e. The Balaban J connectivity index is 0.00000450. The third kappa shape index (κ3) is 9.97. The number of nitrogens with zero attached hydrogens (tertiary/aromatic N) is 4. The number of halogens is 1. The van der Waals surface area contributed by atoms with E-state index in [1.165, 1.54) is 32.7 Å². The van der Waals surface area contributed by atoms with E-state index in [-0.39, 0.29) is 24.0 Å². The van der Waals surface area contributed by atoms with Gasteiger partial charge in [0.1, 0.15) is 0 Å². The highest BCUT2D eigenvalue weighted by Gasteiger charge is 2.24. The van der Waals surface area contributed by atoms with Gasteiger partial charge in [0.2, 0.25) is 0 Å². The highest BCUT2D eigenvalue weighted by atomic mass is 127. The first-order valence-corrected chi connectivity index (χ1v) is 11.8. The van der Waals surface area contributed by atoms with Gasteiger partial charge in [-0.25, -0.2) is 0 Å². The minimum atomic E-state index is 0. The number of nitrogens with one attached hydrogen (secondary N) is 2. The summed E-state index contributed by atoms with van der Waals surface area (Å²) in [6.45, 7) is 24.9. The van der Waals surface area contributed by atoms with Crippen molar-refractivity contribution in [2.24, 2.45) is 16.8 Å². The normalized spacial score (nSPS) is 21.9. The molecule has 0 aromatic rings. The van der Waals surface area contributed by atoms with Gasteiger partial charge in [0.25, 0.3) is 0 Å². The second-order valence-corrected chi connectivity index (χ2v) is 8.90. The van der Waals surface area contributed by atoms with E-state index < -0.39 is 0 Å². The number of hydrogen-bond donors (Lipinski definition) is 2. The quantitative estimate of drug-likeness (QED) is 0.252. The molecule has 2 atom stereocenters. The van der Waals surface area contributed by atoms with Gasteiger partial charge in [-0.3, -0.25) is 9.89 Å². The molecule has 2 aliphatic heterocycles. The molecule has 2 rings (SSSR count). The Morgan fingerprint density at radius 1 is 0.933 bits per heavy atom. The Labute approximate surface area is 202 Å². The van der Waals surface area contributed by atoms with Crippen LogP contribution in [0.25, 0.3) is 0 Å². The van der Waals surface area contributed by atoms with Crippen molar-refractivity contribution in [1.82, 2.24) is 25.3 Å². The molecule has 2 N–H and O–H groups in total. The Kier molecular flexibility index (Phi) is 14.5. The van der Waals surface area contributed by atoms with Gasteiger partial charge in [-0.2, -0.15) is 0 Å². The molecule has 0 bridgehead atoms. The fraction of sp³-hybridized carbons (Fsp3) is 0.955. The van der Waals surface area contributed by atoms with Crippen LogP contribution >= 0.6 is 24.0 Å². The first-order valence-electron chi connectivity index (χ1n) is 11.8. The zero-order chi connectivity index (χ0) is 21.1. The maximum absolute atomic E-state index is 5.53. The molecule has 0 aliphatic carbocycles. The van der Waals surface area contributed by atoms with Crippen LogP contribution in [-0.2, 0) is 4.74 Å². The fourth-order valence-electron chi connectivity index (χ4n) is 4.27. The number of guanidine groups is 1. The van der Waals surface area contributed by atoms with Crippen LogP contribution in [0.15, 0.2) is 4.99 Å². The van der Waals surface area contributed by atoms with Crippen molar-refractivity contribution in [3.05, 3.63) is 0 Å². The first-order chi connectivity index (χ1) is 14.0. The Morgan fingerprint density at radius 2 is 1.57 bits per heavy atom. The van der Waals surface area contributed by atoms with E-state index in [0.29, 0.717) is 17.9 Å². The molecular weight excluding hydrogens is 491 g/mol. The lowest BCUT2D eigenvalue weighted by Gasteiger charge is -2.37. The third-order valence-electron chi connectivity index (χ3n) is 6.15. The summed E-state index contributed by atoms with van der Waals surface area (Å²) < 4.78 is 5.53. The van der Waals surface area contributed by atoms with Crippen molar-refractivity contribution in [3.8, 4) is 0 Å². The molecular formula is C22H47IN6O. The fourth-order valence-corrected chi connectivity index (χ4v) is 4.27. The Hall–Kier alpha value is -0.160. The van der Waals surface area contributed by atoms with Crippen LogP contribution < -0.4 is 10.6 Å². The number of hydrogen-bond acceptors (Lipinski definition) is 5. The van der Waals surface area contributed by atoms with Gasteiger partial charge in [0.05, 0.1) is 13.2 Å². The summed E-state index contributed by atoms with van der Waals surface area (Å²) in [6, 6.07) is 0.509. The lowest BCUT2D eigenvalue weighted by Crippen LogP contribution is -2.52. The molecule has 2 heterocycles. The van der Waals surface area contributed by atoms with Gasteiger partial charge in [0.15, 0.2) is 5.96 Å². The molecule has 0 saturated carbocycles. The Morgan fingerprint density at radius 3 is 2.13 bits per heavy atom. The summed E-state index contributed by atoms with van der Waals surface area (Å²) in [4.78, 5) is 12.6. The van der Waals surface area contributed by atoms with Crippen LogP contribution in [-0.4, -0.2) is 112 Å². The topological polar surface area (TPSA) is 55.4 Å². The lowest BCUT2D eigenvalue weighted by atomic mass is 10.0. The van der Waals surface area contributed by atoms with Crippen molar-refractivity contribution in [2.45, 2.75) is 40.7 Å². The first kappa shape index (κ1) is 27.9. The van der Waals surface area contributed by atoms with Gasteiger partial charge < -0.3 is 25.2 Å². The molecule has 2 saturated heterocycles. The molecule has 2 unspecified atom stereocenters. The smallest absolute Gasteiger partial charge is 0.191 e. The summed E-state index contributed by atoms with van der Waals surface area (Å²) >= 11 is 0. The van der Waals surface area contributed by atoms with Crippen molar-refractivity contribution < 1.29 is 4.74 Å². The minimum Gasteiger partial charge on any atom is -0.379 e. The number of morpholine rings is 1. The average Bonchev–Trinajstić information content (AvgIpc) is 2.73. The van der Waals surface area contributed by atoms with Crippen molar-refractivity contribution in [3.63, 3.8) is 0 Å². The molecule has 30 heavy (non-hydrogen) atoms. The molecule has 0 aromatic heterocycles. The number of piperazine rings is 1. The standard InChI is InChI=1S/C22H46N6O.HI/c1-6-23-22(25-17-21(19(3)4)28-12-14-29-15-13-28)24-16-20(5)18-27-10-8-26(7-2)9-11-27;/h19-21H,6-18H2,1-5H3,(H2,23,24,25);1H. The second kappa shape index (κ2) is 15.6. The lowest BCUT2D eigenvalue weighted by molar-refractivity contribution is 0.00752. The predicted octanol–water partition coefficient (Wildman–Crippen LogP) is 1.79. The van der Waals surface area contributed by atoms with E-state index >= 15 is 0 Å². The summed E-state index contributed by atoms with van der Waals surface area (Å²) in [6.07, 6.45) is 0. The zero-order valence-electron chi connectivity index (χ0n) is 20.0. The van der Waals surface area contributed by atoms with Gasteiger partial charge >= 0.3 is 0 Å². The summed E-state index contributed by atoms with van der Waals surface area (Å²) in [7, 11) is 0. The summed E-state index contributed by atoms with van der Waals surface area (Å²) in [5, 5.41) is 7.04. The largest absolute Gasteiger partial charge is 0.379 e. The molecule has 0 aromatic carbocycles. The van der Waals surface area contributed by atoms with Gasteiger partial charge in [-0.1, -0.05) is 27.7 Å². The van der Waals surface area contributed by atoms with Gasteiger partial charge in [-0.05, 0) is 25.3 Å². The van der Waals surface area contributed by atoms with Gasteiger partial charge in [-0.15, -0.1) is 24.0 Å². The van der Waals surface area contributed by atoms with Crippen LogP contribution in [0, 0.1) is 11.8 Å². The van der Waals surface area contributed by atoms with Crippen LogP contribution in [0.2, 0.25) is 0 Å². The van der Waals surface area contributed by atoms with Gasteiger partial charge in [0, 0.05) is 71.5 Å². The number of likely N-dealkylation sites (N-methyl/N-ethyl adjacent to an activating group) is 1. The van der Waals surface area contributed by atoms with E-state index in [1.54, 1.807) is 0 Å². The van der Waals surface area contributed by atoms with E-state index in [4.69, 9.17) is 9.73 Å². The minimum absolute atomic E-state index is 0. The van der Waals surface area contributed by atoms with Crippen LogP contribution in [0.1, 0.15) is 34.6 Å². The molecule has 0 amide bonds. The van der Waals surface area contributed by atoms with Crippen LogP contribution in [0.4, 0.5) is 0 Å². The molecule has 7 nitrogen and oxygen atoms in total. The van der Waals surface area contributed by atoms with Crippen molar-refractivity contribution >= 4 is 29.9 Å². The number of ether oxygens (including phenoxy) is 1. The van der Waals surface area contributed by atoms with Crippen LogP contribution in [0.3, 0.4) is 0 Å². The zero-order valence-corrected chi connectivity index (χ0v) is 22.4. The van der Waals surface area contributed by atoms with E-state index in [1.807, 2.05) is 0 Å². The Bertz CT molecular complexity index is 465. The van der Waals surface area contributed by atoms with Crippen molar-refractivity contribution in [2.75, 3.05) is 85.2 Å². The second-order valence-electron chi connectivity index (χ2n) is 8.90. The highest BCUT2D eigenvalue weighted by Crippen LogP contribution is 2.12. The number of aliphatic imine (C=N–C) groups is 1. The number of rotatable bonds is 10.